The van der Waals surface area contributed by atoms with Gasteiger partial charge in [0, 0.05) is 15.3 Å². The maximum atomic E-state index is 12.1. The molecular formula is C20H19NO2S. The van der Waals surface area contributed by atoms with Crippen molar-refractivity contribution in [3.8, 4) is 0 Å². The normalized spacial score (nSPS) is 11.9. The van der Waals surface area contributed by atoms with Crippen molar-refractivity contribution < 1.29 is 9.90 Å². The number of aliphatic hydroxyl groups is 1. The number of carbonyl (C=O) groups is 1. The molecule has 0 aliphatic heterocycles. The maximum absolute atomic E-state index is 12.1. The van der Waals surface area contributed by atoms with Gasteiger partial charge >= 0.3 is 0 Å². The second-order valence-electron chi connectivity index (χ2n) is 5.67. The maximum Gasteiger partial charge on any atom is 0.251 e. The molecule has 1 aromatic heterocycles. The van der Waals surface area contributed by atoms with Gasteiger partial charge in [0.1, 0.15) is 6.10 Å². The predicted octanol–water partition coefficient (Wildman–Crippen LogP) is 4.07. The Kier molecular flexibility index (Phi) is 5.08. The number of hydrogen-bond acceptors (Lipinski definition) is 3. The molecule has 3 nitrogen and oxygen atoms in total. The number of hydrogen-bond donors (Lipinski definition) is 2. The third-order valence-corrected chi connectivity index (χ3v) is 4.94. The second kappa shape index (κ2) is 7.43. The fourth-order valence-electron chi connectivity index (χ4n) is 2.41. The Morgan fingerprint density at radius 1 is 1.04 bits per heavy atom. The van der Waals surface area contributed by atoms with E-state index in [-0.39, 0.29) is 5.91 Å². The molecule has 2 N–H and O–H groups in total. The smallest absolute Gasteiger partial charge is 0.251 e. The summed E-state index contributed by atoms with van der Waals surface area (Å²) in [6, 6.07) is 20.9. The van der Waals surface area contributed by atoms with E-state index in [0.717, 1.165) is 20.9 Å². The zero-order chi connectivity index (χ0) is 16.9. The van der Waals surface area contributed by atoms with E-state index in [2.05, 4.69) is 5.32 Å². The molecule has 0 spiro atoms. The summed E-state index contributed by atoms with van der Waals surface area (Å²) < 4.78 is 0. The van der Waals surface area contributed by atoms with Gasteiger partial charge in [-0.05, 0) is 36.8 Å². The number of amides is 1. The van der Waals surface area contributed by atoms with E-state index in [1.54, 1.807) is 0 Å². The van der Waals surface area contributed by atoms with Crippen LogP contribution in [0.1, 0.15) is 37.3 Å². The molecule has 3 rings (SSSR count). The van der Waals surface area contributed by atoms with Crippen LogP contribution in [0.5, 0.6) is 0 Å². The van der Waals surface area contributed by atoms with Crippen molar-refractivity contribution in [1.29, 1.82) is 0 Å². The lowest BCUT2D eigenvalue weighted by molar-refractivity contribution is 0.0951. The van der Waals surface area contributed by atoms with Crippen LogP contribution in [0, 0.1) is 6.92 Å². The molecule has 0 fully saturated rings. The van der Waals surface area contributed by atoms with Crippen LogP contribution in [0.2, 0.25) is 0 Å². The van der Waals surface area contributed by atoms with Gasteiger partial charge in [-0.1, -0.05) is 48.0 Å². The first-order valence-electron chi connectivity index (χ1n) is 7.80. The third-order valence-electron chi connectivity index (χ3n) is 3.80. The lowest BCUT2D eigenvalue weighted by Crippen LogP contribution is -2.22. The number of thiophene rings is 1. The summed E-state index contributed by atoms with van der Waals surface area (Å²) in [5, 5.41) is 13.3. The van der Waals surface area contributed by atoms with Crippen molar-refractivity contribution in [2.45, 2.75) is 19.6 Å². The van der Waals surface area contributed by atoms with Crippen molar-refractivity contribution in [3.63, 3.8) is 0 Å². The lowest BCUT2D eigenvalue weighted by atomic mass is 10.1. The Balaban J connectivity index is 1.62. The van der Waals surface area contributed by atoms with Crippen LogP contribution >= 0.6 is 11.3 Å². The third kappa shape index (κ3) is 3.91. The zero-order valence-corrected chi connectivity index (χ0v) is 14.2. The zero-order valence-electron chi connectivity index (χ0n) is 13.4. The van der Waals surface area contributed by atoms with Crippen LogP contribution in [0.15, 0.2) is 66.7 Å². The molecule has 0 aliphatic rings. The lowest BCUT2D eigenvalue weighted by Gasteiger charge is -2.08. The predicted molar refractivity (Wildman–Crippen MR) is 97.2 cm³/mol. The van der Waals surface area contributed by atoms with Gasteiger partial charge in [-0.25, -0.2) is 0 Å². The van der Waals surface area contributed by atoms with E-state index in [0.29, 0.717) is 12.1 Å². The topological polar surface area (TPSA) is 49.3 Å². The largest absolute Gasteiger partial charge is 0.383 e. The molecule has 2 aromatic carbocycles. The van der Waals surface area contributed by atoms with Gasteiger partial charge < -0.3 is 10.4 Å². The summed E-state index contributed by atoms with van der Waals surface area (Å²) in [4.78, 5) is 14.0. The van der Waals surface area contributed by atoms with Gasteiger partial charge in [0.25, 0.3) is 5.91 Å². The highest BCUT2D eigenvalue weighted by molar-refractivity contribution is 7.12. The number of rotatable bonds is 5. The first-order chi connectivity index (χ1) is 11.6. The molecule has 0 saturated heterocycles. The van der Waals surface area contributed by atoms with Gasteiger partial charge in [0.15, 0.2) is 0 Å². The summed E-state index contributed by atoms with van der Waals surface area (Å²) in [5.74, 6) is -0.0893. The van der Waals surface area contributed by atoms with Crippen molar-refractivity contribution in [2.75, 3.05) is 0 Å². The molecule has 0 radical (unpaired) electrons. The Morgan fingerprint density at radius 2 is 1.75 bits per heavy atom. The molecule has 1 unspecified atom stereocenters. The Labute approximate surface area is 145 Å². The van der Waals surface area contributed by atoms with Crippen molar-refractivity contribution in [2.24, 2.45) is 0 Å². The van der Waals surface area contributed by atoms with Crippen LogP contribution < -0.4 is 5.32 Å². The summed E-state index contributed by atoms with van der Waals surface area (Å²) in [6.45, 7) is 2.45. The molecule has 0 aliphatic carbocycles. The first-order valence-corrected chi connectivity index (χ1v) is 8.61. The molecule has 4 heteroatoms. The fourth-order valence-corrected chi connectivity index (χ4v) is 3.38. The summed E-state index contributed by atoms with van der Waals surface area (Å²) in [6.07, 6.45) is -0.627. The molecule has 0 saturated carbocycles. The number of carbonyl (C=O) groups excluding carboxylic acids is 1. The van der Waals surface area contributed by atoms with Gasteiger partial charge in [0.05, 0.1) is 6.54 Å². The van der Waals surface area contributed by atoms with Crippen LogP contribution in [-0.4, -0.2) is 11.0 Å². The highest BCUT2D eigenvalue weighted by Crippen LogP contribution is 2.28. The highest BCUT2D eigenvalue weighted by Gasteiger charge is 2.13. The number of aryl methyl sites for hydroxylation is 1. The quantitative estimate of drug-likeness (QED) is 0.737. The SMILES string of the molecule is Cc1ccc(C(=O)NCc2ccc(C(O)c3ccccc3)s2)cc1. The summed E-state index contributed by atoms with van der Waals surface area (Å²) in [5.41, 5.74) is 2.65. The van der Waals surface area contributed by atoms with Crippen molar-refractivity contribution >= 4 is 17.2 Å². The molecular weight excluding hydrogens is 318 g/mol. The number of aliphatic hydroxyl groups excluding tert-OH is 1. The molecule has 3 aromatic rings. The van der Waals surface area contributed by atoms with Crippen molar-refractivity contribution in [1.82, 2.24) is 5.32 Å². The standard InChI is InChI=1S/C20H19NO2S/c1-14-7-9-16(10-8-14)20(23)21-13-17-11-12-18(24-17)19(22)15-5-3-2-4-6-15/h2-12,19,22H,13H2,1H3,(H,21,23). The van der Waals surface area contributed by atoms with E-state index in [9.17, 15) is 9.90 Å². The highest BCUT2D eigenvalue weighted by atomic mass is 32.1. The Hall–Kier alpha value is -2.43. The minimum absolute atomic E-state index is 0.0893. The van der Waals surface area contributed by atoms with E-state index < -0.39 is 6.10 Å². The van der Waals surface area contributed by atoms with E-state index in [1.807, 2.05) is 73.7 Å². The number of nitrogens with one attached hydrogen (secondary N) is 1. The fraction of sp³-hybridized carbons (Fsp3) is 0.150. The van der Waals surface area contributed by atoms with E-state index in [4.69, 9.17) is 0 Å². The molecule has 0 bridgehead atoms. The van der Waals surface area contributed by atoms with Crippen molar-refractivity contribution in [3.05, 3.63) is 93.2 Å². The molecule has 24 heavy (non-hydrogen) atoms. The van der Waals surface area contributed by atoms with Gasteiger partial charge in [-0.2, -0.15) is 0 Å². The molecule has 122 valence electrons. The second-order valence-corrected chi connectivity index (χ2v) is 6.87. The molecule has 1 amide bonds. The average molecular weight is 337 g/mol. The van der Waals surface area contributed by atoms with Gasteiger partial charge in [0.2, 0.25) is 0 Å². The van der Waals surface area contributed by atoms with Gasteiger partial charge in [-0.3, -0.25) is 4.79 Å². The Bertz CT molecular complexity index is 809. The van der Waals surface area contributed by atoms with Crippen LogP contribution in [0.4, 0.5) is 0 Å². The van der Waals surface area contributed by atoms with Crippen LogP contribution in [0.3, 0.4) is 0 Å². The monoisotopic (exact) mass is 337 g/mol. The number of benzene rings is 2. The first kappa shape index (κ1) is 16.4. The minimum Gasteiger partial charge on any atom is -0.383 e. The minimum atomic E-state index is -0.627. The molecule has 1 atom stereocenters. The van der Waals surface area contributed by atoms with Gasteiger partial charge in [-0.15, -0.1) is 11.3 Å². The average Bonchev–Trinajstić information content (AvgIpc) is 3.09. The van der Waals surface area contributed by atoms with Crippen LogP contribution in [0.25, 0.3) is 0 Å². The summed E-state index contributed by atoms with van der Waals surface area (Å²) >= 11 is 1.51. The van der Waals surface area contributed by atoms with E-state index in [1.165, 1.54) is 11.3 Å². The van der Waals surface area contributed by atoms with E-state index >= 15 is 0 Å². The summed E-state index contributed by atoms with van der Waals surface area (Å²) in [7, 11) is 0. The Morgan fingerprint density at radius 3 is 2.46 bits per heavy atom. The molecule has 1 heterocycles. The van der Waals surface area contributed by atoms with Crippen LogP contribution in [-0.2, 0) is 6.54 Å².